The van der Waals surface area contributed by atoms with Crippen molar-refractivity contribution in [3.8, 4) is 0 Å². The fourth-order valence-electron chi connectivity index (χ4n) is 3.81. The molecule has 28 heavy (non-hydrogen) atoms. The molecule has 1 fully saturated rings. The lowest BCUT2D eigenvalue weighted by atomic mass is 10.0. The van der Waals surface area contributed by atoms with Crippen molar-refractivity contribution in [2.24, 2.45) is 5.92 Å². The highest BCUT2D eigenvalue weighted by Crippen LogP contribution is 2.21. The van der Waals surface area contributed by atoms with Gasteiger partial charge in [-0.15, -0.1) is 0 Å². The number of aromatic amines is 1. The molecular formula is C22H28FN3O2. The van der Waals surface area contributed by atoms with Crippen LogP contribution >= 0.6 is 0 Å². The van der Waals surface area contributed by atoms with E-state index in [1.165, 1.54) is 12.1 Å². The molecule has 1 saturated heterocycles. The first-order valence-electron chi connectivity index (χ1n) is 9.83. The summed E-state index contributed by atoms with van der Waals surface area (Å²) in [4.78, 5) is 32.1. The van der Waals surface area contributed by atoms with E-state index in [2.05, 4.69) is 23.7 Å². The summed E-state index contributed by atoms with van der Waals surface area (Å²) in [6.45, 7) is 8.86. The van der Waals surface area contributed by atoms with E-state index in [0.29, 0.717) is 19.0 Å². The van der Waals surface area contributed by atoms with Gasteiger partial charge in [-0.05, 0) is 49.1 Å². The lowest BCUT2D eigenvalue weighted by molar-refractivity contribution is 0.0700. The van der Waals surface area contributed by atoms with Gasteiger partial charge in [-0.3, -0.25) is 14.5 Å². The van der Waals surface area contributed by atoms with Gasteiger partial charge in [0.25, 0.3) is 11.5 Å². The lowest BCUT2D eigenvalue weighted by Crippen LogP contribution is -2.46. The third-order valence-electron chi connectivity index (χ3n) is 5.39. The smallest absolute Gasteiger partial charge is 0.260 e. The number of benzene rings is 1. The van der Waals surface area contributed by atoms with Gasteiger partial charge < -0.3 is 9.88 Å². The minimum absolute atomic E-state index is 0.168. The summed E-state index contributed by atoms with van der Waals surface area (Å²) in [5.41, 5.74) is 1.66. The van der Waals surface area contributed by atoms with Crippen molar-refractivity contribution in [1.29, 1.82) is 0 Å². The highest BCUT2D eigenvalue weighted by Gasteiger charge is 2.30. The Kier molecular flexibility index (Phi) is 6.29. The second-order valence-corrected chi connectivity index (χ2v) is 7.90. The van der Waals surface area contributed by atoms with Crippen LogP contribution in [0, 0.1) is 18.7 Å². The minimum Gasteiger partial charge on any atom is -0.337 e. The highest BCUT2D eigenvalue weighted by atomic mass is 19.1. The molecule has 150 valence electrons. The second-order valence-electron chi connectivity index (χ2n) is 7.90. The van der Waals surface area contributed by atoms with E-state index in [1.807, 2.05) is 12.1 Å². The maximum absolute atomic E-state index is 13.2. The van der Waals surface area contributed by atoms with Crippen LogP contribution in [0.25, 0.3) is 0 Å². The van der Waals surface area contributed by atoms with Crippen LogP contribution in [0.1, 0.15) is 41.9 Å². The van der Waals surface area contributed by atoms with Gasteiger partial charge in [-0.1, -0.05) is 26.0 Å². The third-order valence-corrected chi connectivity index (χ3v) is 5.39. The molecule has 0 bridgehead atoms. The molecule has 2 aromatic rings. The average molecular weight is 385 g/mol. The molecule has 1 aromatic carbocycles. The normalized spacial score (nSPS) is 18.3. The molecule has 6 heteroatoms. The number of aryl methyl sites for hydroxylation is 1. The SMILES string of the molecule is Cc1ccc(C(=O)N2CCCN(Cc3ccc(F)cc3)[C@@H](C(C)C)C2)c(=O)[nH]1. The van der Waals surface area contributed by atoms with Crippen LogP contribution in [-0.2, 0) is 6.54 Å². The van der Waals surface area contributed by atoms with Crippen molar-refractivity contribution in [3.63, 3.8) is 0 Å². The van der Waals surface area contributed by atoms with E-state index >= 15 is 0 Å². The number of carbonyl (C=O) groups is 1. The Balaban J connectivity index is 1.79. The number of amides is 1. The predicted octanol–water partition coefficient (Wildman–Crippen LogP) is 3.20. The molecule has 1 aromatic heterocycles. The van der Waals surface area contributed by atoms with E-state index in [-0.39, 0.29) is 28.9 Å². The first-order valence-corrected chi connectivity index (χ1v) is 9.83. The van der Waals surface area contributed by atoms with E-state index in [9.17, 15) is 14.0 Å². The highest BCUT2D eigenvalue weighted by molar-refractivity contribution is 5.93. The molecule has 1 aliphatic heterocycles. The molecule has 2 heterocycles. The first-order chi connectivity index (χ1) is 13.3. The van der Waals surface area contributed by atoms with Gasteiger partial charge in [0.05, 0.1) is 0 Å². The molecular weight excluding hydrogens is 357 g/mol. The van der Waals surface area contributed by atoms with E-state index < -0.39 is 0 Å². The Morgan fingerprint density at radius 1 is 1.18 bits per heavy atom. The third kappa shape index (κ3) is 4.68. The van der Waals surface area contributed by atoms with Gasteiger partial charge in [0, 0.05) is 37.9 Å². The molecule has 5 nitrogen and oxygen atoms in total. The van der Waals surface area contributed by atoms with Gasteiger partial charge in [0.1, 0.15) is 11.4 Å². The maximum Gasteiger partial charge on any atom is 0.260 e. The quantitative estimate of drug-likeness (QED) is 0.879. The number of halogens is 1. The first kappa shape index (κ1) is 20.3. The van der Waals surface area contributed by atoms with Crippen molar-refractivity contribution in [2.45, 2.75) is 39.8 Å². The molecule has 0 saturated carbocycles. The van der Waals surface area contributed by atoms with Crippen molar-refractivity contribution in [3.05, 3.63) is 69.4 Å². The molecule has 1 amide bonds. The van der Waals surface area contributed by atoms with Crippen LogP contribution < -0.4 is 5.56 Å². The molecule has 1 N–H and O–H groups in total. The summed E-state index contributed by atoms with van der Waals surface area (Å²) in [7, 11) is 0. The largest absolute Gasteiger partial charge is 0.337 e. The summed E-state index contributed by atoms with van der Waals surface area (Å²) >= 11 is 0. The number of rotatable bonds is 4. The Morgan fingerprint density at radius 2 is 1.89 bits per heavy atom. The summed E-state index contributed by atoms with van der Waals surface area (Å²) in [5, 5.41) is 0. The van der Waals surface area contributed by atoms with Gasteiger partial charge in [0.15, 0.2) is 0 Å². The minimum atomic E-state index is -0.335. The van der Waals surface area contributed by atoms with Crippen LogP contribution in [0.2, 0.25) is 0 Å². The van der Waals surface area contributed by atoms with Crippen molar-refractivity contribution >= 4 is 5.91 Å². The van der Waals surface area contributed by atoms with E-state index in [1.54, 1.807) is 24.0 Å². The molecule has 0 aliphatic carbocycles. The number of carbonyl (C=O) groups excluding carboxylic acids is 1. The van der Waals surface area contributed by atoms with Crippen LogP contribution in [0.3, 0.4) is 0 Å². The van der Waals surface area contributed by atoms with Crippen LogP contribution in [0.5, 0.6) is 0 Å². The fraction of sp³-hybridized carbons (Fsp3) is 0.455. The summed E-state index contributed by atoms with van der Waals surface area (Å²) in [6, 6.07) is 10.1. The zero-order valence-electron chi connectivity index (χ0n) is 16.7. The second kappa shape index (κ2) is 8.69. The van der Waals surface area contributed by atoms with Crippen molar-refractivity contribution in [1.82, 2.24) is 14.8 Å². The van der Waals surface area contributed by atoms with Crippen LogP contribution in [0.4, 0.5) is 4.39 Å². The number of pyridine rings is 1. The molecule has 1 aliphatic rings. The number of hydrogen-bond acceptors (Lipinski definition) is 3. The van der Waals surface area contributed by atoms with Crippen molar-refractivity contribution < 1.29 is 9.18 Å². The van der Waals surface area contributed by atoms with Gasteiger partial charge >= 0.3 is 0 Å². The topological polar surface area (TPSA) is 56.4 Å². The number of aromatic nitrogens is 1. The van der Waals surface area contributed by atoms with E-state index in [0.717, 1.165) is 30.8 Å². The van der Waals surface area contributed by atoms with Crippen molar-refractivity contribution in [2.75, 3.05) is 19.6 Å². The number of H-pyrrole nitrogens is 1. The molecule has 0 spiro atoms. The Hall–Kier alpha value is -2.47. The maximum atomic E-state index is 13.2. The Bertz CT molecular complexity index is 876. The monoisotopic (exact) mass is 385 g/mol. The standard InChI is InChI=1S/C22H28FN3O2/c1-15(2)20-14-26(22(28)19-10-5-16(3)24-21(19)27)12-4-11-25(20)13-17-6-8-18(23)9-7-17/h5-10,15,20H,4,11-14H2,1-3H3,(H,24,27)/t20-/m1/s1. The van der Waals surface area contributed by atoms with Crippen LogP contribution in [-0.4, -0.2) is 46.4 Å². The summed E-state index contributed by atoms with van der Waals surface area (Å²) in [6.07, 6.45) is 0.833. The summed E-state index contributed by atoms with van der Waals surface area (Å²) in [5.74, 6) is -0.110. The van der Waals surface area contributed by atoms with Gasteiger partial charge in [-0.25, -0.2) is 4.39 Å². The fourth-order valence-corrected chi connectivity index (χ4v) is 3.81. The van der Waals surface area contributed by atoms with E-state index in [4.69, 9.17) is 0 Å². The number of hydrogen-bond donors (Lipinski definition) is 1. The Morgan fingerprint density at radius 3 is 2.54 bits per heavy atom. The zero-order chi connectivity index (χ0) is 20.3. The molecule has 3 rings (SSSR count). The lowest BCUT2D eigenvalue weighted by Gasteiger charge is -2.34. The van der Waals surface area contributed by atoms with Crippen LogP contribution in [0.15, 0.2) is 41.2 Å². The zero-order valence-corrected chi connectivity index (χ0v) is 16.7. The average Bonchev–Trinajstić information content (AvgIpc) is 2.86. The molecule has 0 unspecified atom stereocenters. The molecule has 0 radical (unpaired) electrons. The number of nitrogens with zero attached hydrogens (tertiary/aromatic N) is 2. The molecule has 1 atom stereocenters. The van der Waals surface area contributed by atoms with Gasteiger partial charge in [-0.2, -0.15) is 0 Å². The Labute approximate surface area is 165 Å². The predicted molar refractivity (Wildman–Crippen MR) is 108 cm³/mol. The van der Waals surface area contributed by atoms with Gasteiger partial charge in [0.2, 0.25) is 0 Å². The summed E-state index contributed by atoms with van der Waals surface area (Å²) < 4.78 is 13.2. The number of nitrogens with one attached hydrogen (secondary N) is 1.